The molecular weight excluding hydrogens is 414 g/mol. The summed E-state index contributed by atoms with van der Waals surface area (Å²) in [7, 11) is -9.44. The molecule has 0 atom stereocenters. The second-order valence-electron chi connectivity index (χ2n) is 5.58. The second-order valence-corrected chi connectivity index (χ2v) is 8.16. The summed E-state index contributed by atoms with van der Waals surface area (Å²) in [5.74, 6) is -0.0548. The Hall–Kier alpha value is 0.840. The zero-order valence-corrected chi connectivity index (χ0v) is 16.1. The normalized spacial score (nSPS) is 11.3. The zero-order chi connectivity index (χ0) is 18.6. The molecule has 0 spiro atoms. The van der Waals surface area contributed by atoms with Gasteiger partial charge in [-0.05, 0) is 18.6 Å². The van der Waals surface area contributed by atoms with Gasteiger partial charge in [-0.25, -0.2) is 4.18 Å². The Balaban J connectivity index is 0. The van der Waals surface area contributed by atoms with Crippen molar-refractivity contribution in [3.63, 3.8) is 0 Å². The van der Waals surface area contributed by atoms with Crippen LogP contribution in [-0.2, 0) is 28.6 Å². The number of benzene rings is 1. The average molecular weight is 443 g/mol. The Morgan fingerprint density at radius 1 is 0.741 bits per heavy atom. The van der Waals surface area contributed by atoms with Crippen LogP contribution < -0.4 is 4.18 Å². The van der Waals surface area contributed by atoms with Gasteiger partial charge in [-0.1, -0.05) is 73.7 Å². The van der Waals surface area contributed by atoms with Gasteiger partial charge in [-0.3, -0.25) is 0 Å². The summed E-state index contributed by atoms with van der Waals surface area (Å²) in [5.41, 5.74) is 0. The molecule has 11 heteroatoms. The predicted molar refractivity (Wildman–Crippen MR) is 109 cm³/mol. The molecule has 0 fully saturated rings. The summed E-state index contributed by atoms with van der Waals surface area (Å²) in [5, 5.41) is 0. The maximum absolute atomic E-state index is 11.6. The molecule has 148 valence electrons. The van der Waals surface area contributed by atoms with E-state index in [2.05, 4.69) is 18.9 Å². The van der Waals surface area contributed by atoms with Crippen molar-refractivity contribution in [1.82, 2.24) is 0 Å². The van der Waals surface area contributed by atoms with Gasteiger partial charge >= 0.3 is 79.9 Å². The summed E-state index contributed by atoms with van der Waals surface area (Å²) >= 11 is 0. The molecule has 0 aromatic heterocycles. The first-order valence-corrected chi connectivity index (χ1v) is 11.1. The number of hydrogen-bond donors (Lipinski definition) is 0. The summed E-state index contributed by atoms with van der Waals surface area (Å²) in [6.07, 6.45) is 8.23. The predicted octanol–water partition coefficient (Wildman–Crippen LogP) is 2.43. The molecule has 0 radical (unpaired) electrons. The Morgan fingerprint density at radius 3 is 1.81 bits per heavy atom. The Morgan fingerprint density at radius 2 is 1.26 bits per heavy atom. The van der Waals surface area contributed by atoms with Crippen molar-refractivity contribution < 1.29 is 28.8 Å². The van der Waals surface area contributed by atoms with Crippen molar-refractivity contribution >= 4 is 79.9 Å². The summed E-state index contributed by atoms with van der Waals surface area (Å²) in [6, 6.07) is 7.45. The molecule has 1 aromatic rings. The van der Waals surface area contributed by atoms with Gasteiger partial charge in [-0.2, -0.15) is 16.8 Å². The number of para-hydroxylation sites is 1. The van der Waals surface area contributed by atoms with Crippen LogP contribution in [-0.4, -0.2) is 82.6 Å². The van der Waals surface area contributed by atoms with E-state index < -0.39 is 20.8 Å². The van der Waals surface area contributed by atoms with Crippen LogP contribution in [0.25, 0.3) is 0 Å². The van der Waals surface area contributed by atoms with Crippen molar-refractivity contribution in [2.45, 2.75) is 58.3 Å². The van der Waals surface area contributed by atoms with Crippen LogP contribution >= 0.6 is 0 Å². The fraction of sp³-hybridized carbons (Fsp3) is 0.625. The topological polar surface area (TPSA) is 96.0 Å². The molecule has 1 rings (SSSR count). The molecule has 0 aliphatic carbocycles. The van der Waals surface area contributed by atoms with E-state index in [4.69, 9.17) is 0 Å². The molecule has 0 saturated heterocycles. The van der Waals surface area contributed by atoms with E-state index in [-0.39, 0.29) is 71.5 Å². The van der Waals surface area contributed by atoms with E-state index in [0.29, 0.717) is 6.42 Å². The summed E-state index contributed by atoms with van der Waals surface area (Å²) in [6.45, 7) is 2.03. The van der Waals surface area contributed by atoms with E-state index in [1.54, 1.807) is 6.07 Å². The van der Waals surface area contributed by atoms with Gasteiger partial charge in [0.25, 0.3) is 0 Å². The fourth-order valence-corrected chi connectivity index (χ4v) is 3.88. The minimum atomic E-state index is -4.77. The van der Waals surface area contributed by atoms with Gasteiger partial charge in [0.1, 0.15) is 5.75 Å². The standard InChI is InChI=1S/C16H26O7S2.2Na.2H/c1-2-3-4-5-6-7-8-12-15-21-24(17,18)23-25(19,20)22-16-13-10-9-11-14-16;;;;/h9-11,13-14H,2-8,12,15H2,1H3;;;;. The Labute approximate surface area is 207 Å². The summed E-state index contributed by atoms with van der Waals surface area (Å²) < 4.78 is 59.3. The third kappa shape index (κ3) is 16.3. The molecule has 0 aliphatic heterocycles. The van der Waals surface area contributed by atoms with Gasteiger partial charge in [0.2, 0.25) is 0 Å². The third-order valence-electron chi connectivity index (χ3n) is 3.33. The van der Waals surface area contributed by atoms with Gasteiger partial charge in [0.05, 0.1) is 6.61 Å². The molecular formula is C16H28Na2O7S2. The Bertz CT molecular complexity index is 680. The number of hydrogen-bond acceptors (Lipinski definition) is 7. The van der Waals surface area contributed by atoms with Crippen molar-refractivity contribution in [3.8, 4) is 5.75 Å². The van der Waals surface area contributed by atoms with Gasteiger partial charge < -0.3 is 4.18 Å². The van der Waals surface area contributed by atoms with Crippen LogP contribution in [0, 0.1) is 0 Å². The second kappa shape index (κ2) is 16.6. The fourth-order valence-electron chi connectivity index (χ4n) is 2.13. The molecule has 0 bridgehead atoms. The van der Waals surface area contributed by atoms with E-state index in [9.17, 15) is 16.8 Å². The number of rotatable bonds is 14. The first kappa shape index (κ1) is 30.0. The van der Waals surface area contributed by atoms with E-state index in [0.717, 1.165) is 19.3 Å². The number of unbranched alkanes of at least 4 members (excludes halogenated alkanes) is 7. The molecule has 27 heavy (non-hydrogen) atoms. The van der Waals surface area contributed by atoms with Crippen LogP contribution in [0.1, 0.15) is 58.3 Å². The van der Waals surface area contributed by atoms with Crippen molar-refractivity contribution in [2.24, 2.45) is 0 Å². The minimum absolute atomic E-state index is 0. The van der Waals surface area contributed by atoms with E-state index in [1.165, 1.54) is 49.9 Å². The van der Waals surface area contributed by atoms with Crippen LogP contribution in [0.5, 0.6) is 5.75 Å². The van der Waals surface area contributed by atoms with E-state index in [1.807, 2.05) is 0 Å². The van der Waals surface area contributed by atoms with Crippen molar-refractivity contribution in [3.05, 3.63) is 30.3 Å². The SMILES string of the molecule is CCCCCCCCCCOS(=O)(=O)OS(=O)(=O)Oc1ccccc1.[NaH].[NaH]. The molecule has 7 nitrogen and oxygen atoms in total. The van der Waals surface area contributed by atoms with E-state index >= 15 is 0 Å². The van der Waals surface area contributed by atoms with Crippen LogP contribution in [0.2, 0.25) is 0 Å². The quantitative estimate of drug-likeness (QED) is 0.322. The molecule has 0 heterocycles. The van der Waals surface area contributed by atoms with Crippen LogP contribution in [0.3, 0.4) is 0 Å². The van der Waals surface area contributed by atoms with Gasteiger partial charge in [-0.15, -0.1) is 0 Å². The van der Waals surface area contributed by atoms with Gasteiger partial charge in [0, 0.05) is 0 Å². The molecule has 0 unspecified atom stereocenters. The van der Waals surface area contributed by atoms with Gasteiger partial charge in [0.15, 0.2) is 0 Å². The maximum atomic E-state index is 11.6. The van der Waals surface area contributed by atoms with Crippen molar-refractivity contribution in [1.29, 1.82) is 0 Å². The molecule has 1 aromatic carbocycles. The van der Waals surface area contributed by atoms with Crippen LogP contribution in [0.4, 0.5) is 0 Å². The first-order chi connectivity index (χ1) is 11.8. The molecule has 0 saturated carbocycles. The molecule has 0 aliphatic rings. The Kier molecular flexibility index (Phi) is 18.5. The van der Waals surface area contributed by atoms with Crippen molar-refractivity contribution in [2.75, 3.05) is 6.61 Å². The third-order valence-corrected chi connectivity index (χ3v) is 5.52. The summed E-state index contributed by atoms with van der Waals surface area (Å²) in [4.78, 5) is 0. The monoisotopic (exact) mass is 442 g/mol. The molecule has 0 N–H and O–H groups in total. The molecule has 0 amide bonds. The zero-order valence-electron chi connectivity index (χ0n) is 14.4. The average Bonchev–Trinajstić information content (AvgIpc) is 2.52. The first-order valence-electron chi connectivity index (χ1n) is 8.44. The van der Waals surface area contributed by atoms with Crippen LogP contribution in [0.15, 0.2) is 30.3 Å².